The zero-order valence-electron chi connectivity index (χ0n) is 13.8. The van der Waals surface area contributed by atoms with E-state index in [0.717, 1.165) is 31.5 Å². The van der Waals surface area contributed by atoms with Gasteiger partial charge >= 0.3 is 6.03 Å². The van der Waals surface area contributed by atoms with Crippen LogP contribution in [0.2, 0.25) is 0 Å². The SMILES string of the molecule is Cn1cc(CNC(=O)N2CCC[C@@](C)(c3ccccc3)C2)cn1. The lowest BCUT2D eigenvalue weighted by Crippen LogP contribution is -2.50. The van der Waals surface area contributed by atoms with Crippen molar-refractivity contribution in [2.45, 2.75) is 31.7 Å². The quantitative estimate of drug-likeness (QED) is 0.947. The number of piperidine rings is 1. The summed E-state index contributed by atoms with van der Waals surface area (Å²) in [5.74, 6) is 0. The maximum Gasteiger partial charge on any atom is 0.317 e. The van der Waals surface area contributed by atoms with E-state index >= 15 is 0 Å². The highest BCUT2D eigenvalue weighted by atomic mass is 16.2. The predicted molar refractivity (Wildman–Crippen MR) is 90.0 cm³/mol. The van der Waals surface area contributed by atoms with Gasteiger partial charge in [-0.3, -0.25) is 4.68 Å². The van der Waals surface area contributed by atoms with Crippen molar-refractivity contribution in [1.29, 1.82) is 0 Å². The Morgan fingerprint density at radius 2 is 2.13 bits per heavy atom. The molecular formula is C18H24N4O. The number of nitrogens with one attached hydrogen (secondary N) is 1. The van der Waals surface area contributed by atoms with Crippen molar-refractivity contribution in [3.05, 3.63) is 53.9 Å². The van der Waals surface area contributed by atoms with E-state index in [9.17, 15) is 4.79 Å². The van der Waals surface area contributed by atoms with Gasteiger partial charge in [0.1, 0.15) is 0 Å². The van der Waals surface area contributed by atoms with Crippen molar-refractivity contribution in [2.75, 3.05) is 13.1 Å². The molecule has 1 N–H and O–H groups in total. The molecule has 2 aromatic rings. The first kappa shape index (κ1) is 15.6. The average Bonchev–Trinajstić information content (AvgIpc) is 2.99. The molecule has 0 spiro atoms. The summed E-state index contributed by atoms with van der Waals surface area (Å²) in [5, 5.41) is 7.13. The molecule has 1 saturated heterocycles. The molecule has 1 fully saturated rings. The molecule has 1 aliphatic rings. The van der Waals surface area contributed by atoms with Gasteiger partial charge in [-0.05, 0) is 18.4 Å². The van der Waals surface area contributed by atoms with Crippen LogP contribution in [0.4, 0.5) is 4.79 Å². The van der Waals surface area contributed by atoms with Crippen LogP contribution < -0.4 is 5.32 Å². The van der Waals surface area contributed by atoms with E-state index in [0.29, 0.717) is 6.54 Å². The van der Waals surface area contributed by atoms with Gasteiger partial charge in [-0.25, -0.2) is 4.79 Å². The van der Waals surface area contributed by atoms with Crippen LogP contribution >= 0.6 is 0 Å². The predicted octanol–water partition coefficient (Wildman–Crippen LogP) is 2.68. The minimum absolute atomic E-state index is 0.00992. The molecule has 5 heteroatoms. The molecule has 1 atom stereocenters. The number of carbonyl (C=O) groups excluding carboxylic acids is 1. The Hall–Kier alpha value is -2.30. The van der Waals surface area contributed by atoms with E-state index in [1.54, 1.807) is 10.9 Å². The summed E-state index contributed by atoms with van der Waals surface area (Å²) in [5.41, 5.74) is 2.36. The molecule has 2 amide bonds. The fourth-order valence-electron chi connectivity index (χ4n) is 3.34. The standard InChI is InChI=1S/C18H24N4O/c1-18(16-7-4-3-5-8-16)9-6-10-22(14-18)17(23)19-11-15-12-20-21(2)13-15/h3-5,7-8,12-13H,6,9-11,14H2,1-2H3,(H,19,23)/t18-/m1/s1. The van der Waals surface area contributed by atoms with E-state index in [2.05, 4.69) is 41.6 Å². The lowest BCUT2D eigenvalue weighted by atomic mass is 9.76. The minimum atomic E-state index is 0.00992. The Morgan fingerprint density at radius 3 is 2.83 bits per heavy atom. The van der Waals surface area contributed by atoms with E-state index in [4.69, 9.17) is 0 Å². The molecule has 23 heavy (non-hydrogen) atoms. The smallest absolute Gasteiger partial charge is 0.317 e. The van der Waals surface area contributed by atoms with Gasteiger partial charge < -0.3 is 10.2 Å². The van der Waals surface area contributed by atoms with Crippen LogP contribution in [0.25, 0.3) is 0 Å². The highest BCUT2D eigenvalue weighted by molar-refractivity contribution is 5.74. The van der Waals surface area contributed by atoms with Gasteiger partial charge in [-0.15, -0.1) is 0 Å². The summed E-state index contributed by atoms with van der Waals surface area (Å²) in [4.78, 5) is 14.4. The first-order valence-electron chi connectivity index (χ1n) is 8.13. The van der Waals surface area contributed by atoms with Crippen molar-refractivity contribution in [1.82, 2.24) is 20.0 Å². The van der Waals surface area contributed by atoms with Gasteiger partial charge in [-0.2, -0.15) is 5.10 Å². The number of aromatic nitrogens is 2. The molecule has 0 aliphatic carbocycles. The Balaban J connectivity index is 1.62. The van der Waals surface area contributed by atoms with Crippen molar-refractivity contribution in [3.8, 4) is 0 Å². The summed E-state index contributed by atoms with van der Waals surface area (Å²) >= 11 is 0. The molecule has 1 aliphatic heterocycles. The molecule has 2 heterocycles. The third kappa shape index (κ3) is 3.55. The van der Waals surface area contributed by atoms with Crippen LogP contribution in [0.1, 0.15) is 30.9 Å². The monoisotopic (exact) mass is 312 g/mol. The van der Waals surface area contributed by atoms with Gasteiger partial charge in [0.05, 0.1) is 6.20 Å². The summed E-state index contributed by atoms with van der Waals surface area (Å²) in [6, 6.07) is 10.5. The highest BCUT2D eigenvalue weighted by Gasteiger charge is 2.34. The van der Waals surface area contributed by atoms with Crippen molar-refractivity contribution >= 4 is 6.03 Å². The number of carbonyl (C=O) groups is 1. The maximum absolute atomic E-state index is 12.5. The lowest BCUT2D eigenvalue weighted by Gasteiger charge is -2.40. The van der Waals surface area contributed by atoms with E-state index < -0.39 is 0 Å². The number of likely N-dealkylation sites (tertiary alicyclic amines) is 1. The molecule has 1 aromatic carbocycles. The number of rotatable bonds is 3. The molecule has 0 bridgehead atoms. The van der Waals surface area contributed by atoms with Crippen molar-refractivity contribution < 1.29 is 4.79 Å². The van der Waals surface area contributed by atoms with E-state index in [-0.39, 0.29) is 11.4 Å². The Labute approximate surface area is 137 Å². The molecular weight excluding hydrogens is 288 g/mol. The number of benzene rings is 1. The number of hydrogen-bond donors (Lipinski definition) is 1. The highest BCUT2D eigenvalue weighted by Crippen LogP contribution is 2.33. The number of urea groups is 1. The third-order valence-corrected chi connectivity index (χ3v) is 4.66. The normalized spacial score (nSPS) is 21.2. The van der Waals surface area contributed by atoms with E-state index in [1.165, 1.54) is 5.56 Å². The zero-order chi connectivity index (χ0) is 16.3. The third-order valence-electron chi connectivity index (χ3n) is 4.66. The fraction of sp³-hybridized carbons (Fsp3) is 0.444. The van der Waals surface area contributed by atoms with Crippen LogP contribution in [0.3, 0.4) is 0 Å². The fourth-order valence-corrected chi connectivity index (χ4v) is 3.34. The second-order valence-electron chi connectivity index (χ2n) is 6.63. The van der Waals surface area contributed by atoms with Crippen LogP contribution in [-0.2, 0) is 19.0 Å². The second-order valence-corrected chi connectivity index (χ2v) is 6.63. The summed E-state index contributed by atoms with van der Waals surface area (Å²) in [7, 11) is 1.88. The first-order chi connectivity index (χ1) is 11.1. The van der Waals surface area contributed by atoms with Gasteiger partial charge in [0.15, 0.2) is 0 Å². The number of amides is 2. The molecule has 5 nitrogen and oxygen atoms in total. The van der Waals surface area contributed by atoms with Gasteiger partial charge in [0.2, 0.25) is 0 Å². The summed E-state index contributed by atoms with van der Waals surface area (Å²) in [6.07, 6.45) is 5.85. The summed E-state index contributed by atoms with van der Waals surface area (Å²) < 4.78 is 1.74. The number of aryl methyl sites for hydroxylation is 1. The van der Waals surface area contributed by atoms with Crippen LogP contribution in [0.5, 0.6) is 0 Å². The van der Waals surface area contributed by atoms with Gasteiger partial charge in [0.25, 0.3) is 0 Å². The van der Waals surface area contributed by atoms with Crippen LogP contribution in [-0.4, -0.2) is 33.8 Å². The Kier molecular flexibility index (Phi) is 4.37. The average molecular weight is 312 g/mol. The van der Waals surface area contributed by atoms with Gasteiger partial charge in [-0.1, -0.05) is 37.3 Å². The van der Waals surface area contributed by atoms with Crippen molar-refractivity contribution in [3.63, 3.8) is 0 Å². The van der Waals surface area contributed by atoms with E-state index in [1.807, 2.05) is 24.2 Å². The summed E-state index contributed by atoms with van der Waals surface area (Å²) in [6.45, 7) is 4.35. The topological polar surface area (TPSA) is 50.2 Å². The first-order valence-corrected chi connectivity index (χ1v) is 8.13. The van der Waals surface area contributed by atoms with Crippen molar-refractivity contribution in [2.24, 2.45) is 7.05 Å². The minimum Gasteiger partial charge on any atom is -0.334 e. The molecule has 122 valence electrons. The molecule has 0 unspecified atom stereocenters. The zero-order valence-corrected chi connectivity index (χ0v) is 13.8. The molecule has 1 aromatic heterocycles. The van der Waals surface area contributed by atoms with Gasteiger partial charge in [0, 0.05) is 43.9 Å². The molecule has 0 saturated carbocycles. The lowest BCUT2D eigenvalue weighted by molar-refractivity contribution is 0.155. The maximum atomic E-state index is 12.5. The van der Waals surface area contributed by atoms with Crippen LogP contribution in [0.15, 0.2) is 42.7 Å². The largest absolute Gasteiger partial charge is 0.334 e. The molecule has 0 radical (unpaired) electrons. The van der Waals surface area contributed by atoms with Crippen LogP contribution in [0, 0.1) is 0 Å². The second kappa shape index (κ2) is 6.44. The number of nitrogens with zero attached hydrogens (tertiary/aromatic N) is 3. The Morgan fingerprint density at radius 1 is 1.35 bits per heavy atom. The molecule has 3 rings (SSSR count). The number of hydrogen-bond acceptors (Lipinski definition) is 2. The Bertz CT molecular complexity index is 667.